The number of hydrogen-bond acceptors (Lipinski definition) is 3. The highest BCUT2D eigenvalue weighted by Gasteiger charge is 2.35. The van der Waals surface area contributed by atoms with E-state index in [0.717, 1.165) is 22.4 Å². The van der Waals surface area contributed by atoms with Crippen LogP contribution in [0.5, 0.6) is 11.5 Å². The van der Waals surface area contributed by atoms with E-state index in [1.54, 1.807) is 0 Å². The van der Waals surface area contributed by atoms with Gasteiger partial charge in [0.2, 0.25) is 5.91 Å². The van der Waals surface area contributed by atoms with Crippen LogP contribution in [0.3, 0.4) is 0 Å². The summed E-state index contributed by atoms with van der Waals surface area (Å²) in [6, 6.07) is 21.2. The standard InChI is InChI=1S/C25H24ClNO3/c1-3-29-22-14-18-15-24(28)27(20-12-10-19(26)11-13-20)25(17-8-6-5-7-9-17)21(18)16-23(22)30-4-2/h5-14,16,25H,3-4,15H2,1-2H3. The van der Waals surface area contributed by atoms with Gasteiger partial charge in [-0.15, -0.1) is 0 Å². The highest BCUT2D eigenvalue weighted by atomic mass is 35.5. The molecular formula is C25H24ClNO3. The zero-order valence-corrected chi connectivity index (χ0v) is 17.9. The van der Waals surface area contributed by atoms with Crippen molar-refractivity contribution < 1.29 is 14.3 Å². The topological polar surface area (TPSA) is 38.8 Å². The third-order valence-electron chi connectivity index (χ3n) is 5.19. The van der Waals surface area contributed by atoms with Gasteiger partial charge in [-0.2, -0.15) is 0 Å². The lowest BCUT2D eigenvalue weighted by Gasteiger charge is -2.38. The second kappa shape index (κ2) is 8.80. The minimum absolute atomic E-state index is 0.0327. The Balaban J connectivity index is 1.91. The summed E-state index contributed by atoms with van der Waals surface area (Å²) in [5.41, 5.74) is 3.86. The molecule has 4 rings (SSSR count). The first-order valence-corrected chi connectivity index (χ1v) is 10.5. The Hall–Kier alpha value is -2.98. The Labute approximate surface area is 182 Å². The van der Waals surface area contributed by atoms with Gasteiger partial charge in [0.25, 0.3) is 0 Å². The van der Waals surface area contributed by atoms with Crippen LogP contribution < -0.4 is 14.4 Å². The molecule has 0 fully saturated rings. The Bertz CT molecular complexity index is 1030. The number of carbonyl (C=O) groups excluding carboxylic acids is 1. The van der Waals surface area contributed by atoms with E-state index in [9.17, 15) is 4.79 Å². The third kappa shape index (κ3) is 3.88. The van der Waals surface area contributed by atoms with Gasteiger partial charge in [0.05, 0.1) is 25.7 Å². The van der Waals surface area contributed by atoms with E-state index in [4.69, 9.17) is 21.1 Å². The second-order valence-electron chi connectivity index (χ2n) is 7.09. The molecule has 1 aliphatic rings. The van der Waals surface area contributed by atoms with Crippen molar-refractivity contribution in [3.8, 4) is 11.5 Å². The van der Waals surface area contributed by atoms with E-state index in [0.29, 0.717) is 36.2 Å². The van der Waals surface area contributed by atoms with E-state index >= 15 is 0 Å². The summed E-state index contributed by atoms with van der Waals surface area (Å²) in [4.78, 5) is 15.2. The average Bonchev–Trinajstić information content (AvgIpc) is 2.75. The second-order valence-corrected chi connectivity index (χ2v) is 7.53. The van der Waals surface area contributed by atoms with Crippen LogP contribution in [0, 0.1) is 0 Å². The van der Waals surface area contributed by atoms with Gasteiger partial charge in [-0.05, 0) is 66.9 Å². The molecule has 0 radical (unpaired) electrons. The number of nitrogens with zero attached hydrogens (tertiary/aromatic N) is 1. The van der Waals surface area contributed by atoms with E-state index in [1.165, 1.54) is 0 Å². The van der Waals surface area contributed by atoms with Crippen molar-refractivity contribution >= 4 is 23.2 Å². The predicted molar refractivity (Wildman–Crippen MR) is 120 cm³/mol. The van der Waals surface area contributed by atoms with E-state index < -0.39 is 0 Å². The number of amides is 1. The fraction of sp³-hybridized carbons (Fsp3) is 0.240. The van der Waals surface area contributed by atoms with Gasteiger partial charge in [-0.25, -0.2) is 0 Å². The highest BCUT2D eigenvalue weighted by Crippen LogP contribution is 2.43. The first-order valence-electron chi connectivity index (χ1n) is 10.2. The quantitative estimate of drug-likeness (QED) is 0.503. The van der Waals surface area contributed by atoms with Crippen molar-refractivity contribution in [2.75, 3.05) is 18.1 Å². The summed E-state index contributed by atoms with van der Waals surface area (Å²) in [5, 5.41) is 0.639. The molecule has 154 valence electrons. The molecule has 1 unspecified atom stereocenters. The van der Waals surface area contributed by atoms with Crippen LogP contribution in [-0.2, 0) is 11.2 Å². The average molecular weight is 422 g/mol. The van der Waals surface area contributed by atoms with Gasteiger partial charge >= 0.3 is 0 Å². The summed E-state index contributed by atoms with van der Waals surface area (Å²) in [6.45, 7) is 4.96. The van der Waals surface area contributed by atoms with Crippen LogP contribution >= 0.6 is 11.6 Å². The van der Waals surface area contributed by atoms with Gasteiger partial charge in [0.15, 0.2) is 11.5 Å². The summed E-state index contributed by atoms with van der Waals surface area (Å²) in [5.74, 6) is 1.41. The maximum absolute atomic E-state index is 13.3. The van der Waals surface area contributed by atoms with Crippen LogP contribution in [0.4, 0.5) is 5.69 Å². The Morgan fingerprint density at radius 1 is 0.933 bits per heavy atom. The number of rotatable bonds is 6. The van der Waals surface area contributed by atoms with Crippen LogP contribution in [0.15, 0.2) is 66.7 Å². The van der Waals surface area contributed by atoms with Crippen molar-refractivity contribution in [1.82, 2.24) is 0 Å². The van der Waals surface area contributed by atoms with Gasteiger partial charge in [0.1, 0.15) is 0 Å². The van der Waals surface area contributed by atoms with Crippen LogP contribution in [0.1, 0.15) is 36.6 Å². The number of benzene rings is 3. The summed E-state index contributed by atoms with van der Waals surface area (Å²) in [6.07, 6.45) is 0.299. The number of halogens is 1. The Morgan fingerprint density at radius 2 is 1.57 bits per heavy atom. The number of fused-ring (bicyclic) bond motifs is 1. The highest BCUT2D eigenvalue weighted by molar-refractivity contribution is 6.30. The monoisotopic (exact) mass is 421 g/mol. The molecule has 1 heterocycles. The third-order valence-corrected chi connectivity index (χ3v) is 5.44. The zero-order valence-electron chi connectivity index (χ0n) is 17.1. The number of ether oxygens (including phenoxy) is 2. The molecule has 1 amide bonds. The van der Waals surface area contributed by atoms with E-state index in [2.05, 4.69) is 0 Å². The molecule has 5 heteroatoms. The molecule has 4 nitrogen and oxygen atoms in total. The van der Waals surface area contributed by atoms with Crippen molar-refractivity contribution in [2.45, 2.75) is 26.3 Å². The van der Waals surface area contributed by atoms with Gasteiger partial charge in [-0.3, -0.25) is 4.79 Å². The minimum atomic E-state index is -0.265. The lowest BCUT2D eigenvalue weighted by atomic mass is 9.87. The SMILES string of the molecule is CCOc1cc2c(cc1OCC)C(c1ccccc1)N(c1ccc(Cl)cc1)C(=O)C2. The molecule has 0 saturated carbocycles. The number of hydrogen-bond donors (Lipinski definition) is 0. The van der Waals surface area contributed by atoms with Crippen molar-refractivity contribution in [3.63, 3.8) is 0 Å². The fourth-order valence-electron chi connectivity index (χ4n) is 3.95. The molecule has 1 aliphatic heterocycles. The summed E-state index contributed by atoms with van der Waals surface area (Å²) >= 11 is 6.09. The Kier molecular flexibility index (Phi) is 5.96. The first kappa shape index (κ1) is 20.3. The van der Waals surface area contributed by atoms with Gasteiger partial charge in [0, 0.05) is 10.7 Å². The lowest BCUT2D eigenvalue weighted by Crippen LogP contribution is -2.41. The molecule has 0 N–H and O–H groups in total. The van der Waals surface area contributed by atoms with E-state index in [1.807, 2.05) is 85.5 Å². The summed E-state index contributed by atoms with van der Waals surface area (Å²) in [7, 11) is 0. The first-order chi connectivity index (χ1) is 14.6. The maximum Gasteiger partial charge on any atom is 0.232 e. The molecule has 30 heavy (non-hydrogen) atoms. The molecular weight excluding hydrogens is 398 g/mol. The van der Waals surface area contributed by atoms with Crippen LogP contribution in [0.25, 0.3) is 0 Å². The smallest absolute Gasteiger partial charge is 0.232 e. The molecule has 0 saturated heterocycles. The number of carbonyl (C=O) groups is 1. The predicted octanol–water partition coefficient (Wildman–Crippen LogP) is 5.82. The molecule has 0 spiro atoms. The maximum atomic E-state index is 13.3. The Morgan fingerprint density at radius 3 is 2.20 bits per heavy atom. The molecule has 1 atom stereocenters. The van der Waals surface area contributed by atoms with Crippen LogP contribution in [0.2, 0.25) is 5.02 Å². The normalized spacial score (nSPS) is 15.6. The largest absolute Gasteiger partial charge is 0.490 e. The van der Waals surface area contributed by atoms with Gasteiger partial charge in [-0.1, -0.05) is 41.9 Å². The summed E-state index contributed by atoms with van der Waals surface area (Å²) < 4.78 is 11.7. The molecule has 3 aromatic carbocycles. The molecule has 3 aromatic rings. The molecule has 0 bridgehead atoms. The lowest BCUT2D eigenvalue weighted by molar-refractivity contribution is -0.118. The molecule has 0 aromatic heterocycles. The fourth-order valence-corrected chi connectivity index (χ4v) is 4.08. The van der Waals surface area contributed by atoms with Crippen molar-refractivity contribution in [2.24, 2.45) is 0 Å². The van der Waals surface area contributed by atoms with Crippen LogP contribution in [-0.4, -0.2) is 19.1 Å². The van der Waals surface area contributed by atoms with Crippen molar-refractivity contribution in [1.29, 1.82) is 0 Å². The minimum Gasteiger partial charge on any atom is -0.490 e. The van der Waals surface area contributed by atoms with Crippen molar-refractivity contribution in [3.05, 3.63) is 88.4 Å². The number of anilines is 1. The molecule has 0 aliphatic carbocycles. The zero-order chi connectivity index (χ0) is 21.1. The van der Waals surface area contributed by atoms with E-state index in [-0.39, 0.29) is 11.9 Å². The van der Waals surface area contributed by atoms with Gasteiger partial charge < -0.3 is 14.4 Å².